The molecule has 0 rings (SSSR count). The molecule has 7 nitrogen and oxygen atoms in total. The van der Waals surface area contributed by atoms with E-state index in [0.29, 0.717) is 0 Å². The number of aliphatic hydroxyl groups is 1. The minimum atomic E-state index is -2.07. The molecule has 0 bridgehead atoms. The van der Waals surface area contributed by atoms with Crippen molar-refractivity contribution in [3.05, 3.63) is 24.3 Å². The molecule has 0 aromatic heterocycles. The molecule has 0 aromatic carbocycles. The Morgan fingerprint density at radius 3 is 2.05 bits per heavy atom. The Bertz CT molecular complexity index is 520. The number of hydrogen-bond acceptors (Lipinski definition) is 7. The second-order valence-electron chi connectivity index (χ2n) is 5.11. The highest BCUT2D eigenvalue weighted by Crippen LogP contribution is 2.24. The summed E-state index contributed by atoms with van der Waals surface area (Å²) in [5.41, 5.74) is -1.75. The predicted octanol–water partition coefficient (Wildman–Crippen LogP) is 1.42. The fourth-order valence-electron chi connectivity index (χ4n) is 1.49. The second kappa shape index (κ2) is 8.26. The number of rotatable bonds is 8. The van der Waals surface area contributed by atoms with Crippen LogP contribution in [0.5, 0.6) is 0 Å². The van der Waals surface area contributed by atoms with E-state index in [9.17, 15) is 19.5 Å². The third-order valence-corrected chi connectivity index (χ3v) is 2.77. The fraction of sp³-hybridized carbons (Fsp3) is 0.533. The SMILES string of the molecule is C=C(C)C(=O)OC(C)CC(O)(N=C=O)C(C)OC(=O)C(=C)C. The van der Waals surface area contributed by atoms with Crippen molar-refractivity contribution in [2.45, 2.75) is 52.0 Å². The van der Waals surface area contributed by atoms with Gasteiger partial charge < -0.3 is 14.6 Å². The monoisotopic (exact) mass is 311 g/mol. The van der Waals surface area contributed by atoms with Gasteiger partial charge in [0.15, 0.2) is 0 Å². The van der Waals surface area contributed by atoms with Gasteiger partial charge in [-0.3, -0.25) is 0 Å². The standard InChI is InChI=1S/C15H21NO6/c1-9(2)13(18)21-11(5)7-15(20,16-8-17)12(6)22-14(19)10(3)4/h11-12,20H,1,3,7H2,2,4-6H3. The molecule has 0 amide bonds. The molecule has 0 spiro atoms. The first-order valence-corrected chi connectivity index (χ1v) is 6.58. The smallest absolute Gasteiger partial charge is 0.333 e. The quantitative estimate of drug-likeness (QED) is 0.315. The van der Waals surface area contributed by atoms with Crippen molar-refractivity contribution in [2.75, 3.05) is 0 Å². The number of carbonyl (C=O) groups excluding carboxylic acids is 3. The lowest BCUT2D eigenvalue weighted by Gasteiger charge is -2.30. The Labute approximate surface area is 129 Å². The van der Waals surface area contributed by atoms with Crippen LogP contribution < -0.4 is 0 Å². The van der Waals surface area contributed by atoms with Crippen molar-refractivity contribution < 1.29 is 29.0 Å². The van der Waals surface area contributed by atoms with Gasteiger partial charge in [-0.05, 0) is 27.7 Å². The molecule has 0 saturated carbocycles. The summed E-state index contributed by atoms with van der Waals surface area (Å²) in [5, 5.41) is 10.4. The first kappa shape index (κ1) is 19.8. The van der Waals surface area contributed by atoms with Gasteiger partial charge in [-0.25, -0.2) is 14.4 Å². The maximum Gasteiger partial charge on any atom is 0.333 e. The van der Waals surface area contributed by atoms with Crippen molar-refractivity contribution in [1.29, 1.82) is 0 Å². The Kier molecular flexibility index (Phi) is 7.42. The van der Waals surface area contributed by atoms with E-state index in [2.05, 4.69) is 18.2 Å². The van der Waals surface area contributed by atoms with Gasteiger partial charge in [0, 0.05) is 17.6 Å². The van der Waals surface area contributed by atoms with Crippen LogP contribution in [0.4, 0.5) is 0 Å². The number of carbonyl (C=O) groups is 2. The van der Waals surface area contributed by atoms with Crippen LogP contribution in [-0.2, 0) is 23.9 Å². The maximum absolute atomic E-state index is 11.5. The molecule has 0 aliphatic heterocycles. The Morgan fingerprint density at radius 2 is 1.64 bits per heavy atom. The highest BCUT2D eigenvalue weighted by molar-refractivity contribution is 5.87. The summed E-state index contributed by atoms with van der Waals surface area (Å²) >= 11 is 0. The first-order valence-electron chi connectivity index (χ1n) is 6.58. The zero-order valence-corrected chi connectivity index (χ0v) is 13.2. The third kappa shape index (κ3) is 6.03. The summed E-state index contributed by atoms with van der Waals surface area (Å²) in [5.74, 6) is -1.38. The van der Waals surface area contributed by atoms with Crippen molar-refractivity contribution in [2.24, 2.45) is 4.99 Å². The van der Waals surface area contributed by atoms with Crippen LogP contribution in [0, 0.1) is 0 Å². The lowest BCUT2D eigenvalue weighted by molar-refractivity contribution is -0.165. The van der Waals surface area contributed by atoms with Gasteiger partial charge in [-0.15, -0.1) is 0 Å². The van der Waals surface area contributed by atoms with Crippen LogP contribution in [0.3, 0.4) is 0 Å². The van der Waals surface area contributed by atoms with E-state index in [0.717, 1.165) is 0 Å². The molecule has 7 heteroatoms. The lowest BCUT2D eigenvalue weighted by atomic mass is 10.0. The molecule has 0 saturated heterocycles. The van der Waals surface area contributed by atoms with E-state index < -0.39 is 29.9 Å². The normalized spacial score (nSPS) is 15.5. The molecule has 0 aliphatic carbocycles. The average Bonchev–Trinajstić information content (AvgIpc) is 2.37. The third-order valence-electron chi connectivity index (χ3n) is 2.77. The molecule has 0 fully saturated rings. The molecule has 0 aromatic rings. The number of esters is 2. The van der Waals surface area contributed by atoms with E-state index in [1.807, 2.05) is 0 Å². The van der Waals surface area contributed by atoms with E-state index >= 15 is 0 Å². The molecular formula is C15H21NO6. The summed E-state index contributed by atoms with van der Waals surface area (Å²) in [4.78, 5) is 36.7. The molecule has 122 valence electrons. The maximum atomic E-state index is 11.5. The van der Waals surface area contributed by atoms with Crippen molar-refractivity contribution in [1.82, 2.24) is 0 Å². The number of aliphatic imine (C=N–C) groups is 1. The van der Waals surface area contributed by atoms with Crippen LogP contribution in [0.25, 0.3) is 0 Å². The van der Waals surface area contributed by atoms with Crippen LogP contribution >= 0.6 is 0 Å². The number of nitrogens with zero attached hydrogens (tertiary/aromatic N) is 1. The highest BCUT2D eigenvalue weighted by Gasteiger charge is 2.39. The van der Waals surface area contributed by atoms with Gasteiger partial charge >= 0.3 is 11.9 Å². The average molecular weight is 311 g/mol. The predicted molar refractivity (Wildman–Crippen MR) is 78.4 cm³/mol. The van der Waals surface area contributed by atoms with E-state index in [4.69, 9.17) is 9.47 Å². The summed E-state index contributed by atoms with van der Waals surface area (Å²) in [6, 6.07) is 0. The van der Waals surface area contributed by atoms with Gasteiger partial charge in [-0.1, -0.05) is 13.2 Å². The fourth-order valence-corrected chi connectivity index (χ4v) is 1.49. The molecule has 0 radical (unpaired) electrons. The van der Waals surface area contributed by atoms with E-state index in [-0.39, 0.29) is 17.6 Å². The summed E-state index contributed by atoms with van der Waals surface area (Å²) in [6.45, 7) is 12.6. The van der Waals surface area contributed by atoms with Gasteiger partial charge in [0.25, 0.3) is 0 Å². The minimum Gasteiger partial charge on any atom is -0.459 e. The highest BCUT2D eigenvalue weighted by atomic mass is 16.6. The van der Waals surface area contributed by atoms with Gasteiger partial charge in [0.1, 0.15) is 12.2 Å². The largest absolute Gasteiger partial charge is 0.459 e. The van der Waals surface area contributed by atoms with Gasteiger partial charge in [0.2, 0.25) is 11.8 Å². The topological polar surface area (TPSA) is 102 Å². The van der Waals surface area contributed by atoms with Crippen LogP contribution in [0.1, 0.15) is 34.1 Å². The molecule has 22 heavy (non-hydrogen) atoms. The number of isocyanates is 1. The van der Waals surface area contributed by atoms with E-state index in [1.54, 1.807) is 0 Å². The summed E-state index contributed by atoms with van der Waals surface area (Å²) in [6.07, 6.45) is -0.989. The molecular weight excluding hydrogens is 290 g/mol. The second-order valence-corrected chi connectivity index (χ2v) is 5.11. The molecule has 3 unspecified atom stereocenters. The Balaban J connectivity index is 5.05. The van der Waals surface area contributed by atoms with Gasteiger partial charge in [0.05, 0.1) is 0 Å². The van der Waals surface area contributed by atoms with Crippen LogP contribution in [0.15, 0.2) is 29.3 Å². The van der Waals surface area contributed by atoms with Crippen molar-refractivity contribution in [3.63, 3.8) is 0 Å². The van der Waals surface area contributed by atoms with Crippen LogP contribution in [-0.4, -0.2) is 41.1 Å². The molecule has 3 atom stereocenters. The lowest BCUT2D eigenvalue weighted by Crippen LogP contribution is -2.44. The summed E-state index contributed by atoms with van der Waals surface area (Å²) < 4.78 is 9.97. The van der Waals surface area contributed by atoms with Crippen LogP contribution in [0.2, 0.25) is 0 Å². The zero-order chi connectivity index (χ0) is 17.5. The first-order chi connectivity index (χ1) is 10.0. The van der Waals surface area contributed by atoms with E-state index in [1.165, 1.54) is 33.8 Å². The Morgan fingerprint density at radius 1 is 1.18 bits per heavy atom. The Hall–Kier alpha value is -2.24. The minimum absolute atomic E-state index is 0.131. The number of hydrogen-bond donors (Lipinski definition) is 1. The number of ether oxygens (including phenoxy) is 2. The molecule has 0 heterocycles. The molecule has 1 N–H and O–H groups in total. The van der Waals surface area contributed by atoms with Gasteiger partial charge in [-0.2, -0.15) is 4.99 Å². The summed E-state index contributed by atoms with van der Waals surface area (Å²) in [7, 11) is 0. The molecule has 0 aliphatic rings. The van der Waals surface area contributed by atoms with Crippen molar-refractivity contribution in [3.8, 4) is 0 Å². The zero-order valence-electron chi connectivity index (χ0n) is 13.2. The van der Waals surface area contributed by atoms with Crippen molar-refractivity contribution >= 4 is 18.0 Å².